The predicted octanol–water partition coefficient (Wildman–Crippen LogP) is 11.6. The van der Waals surface area contributed by atoms with E-state index in [9.17, 15) is 19.0 Å². The number of hydrogen-bond acceptors (Lipinski definition) is 7. The van der Waals surface area contributed by atoms with Gasteiger partial charge in [0.25, 0.3) is 0 Å². The highest BCUT2D eigenvalue weighted by Crippen LogP contribution is 2.43. The Morgan fingerprint density at radius 3 is 1.56 bits per heavy atom. The fourth-order valence-corrected chi connectivity index (χ4v) is 6.37. The van der Waals surface area contributed by atoms with Gasteiger partial charge in [0.1, 0.15) is 19.8 Å². The molecule has 0 aromatic heterocycles. The van der Waals surface area contributed by atoms with E-state index in [0.29, 0.717) is 17.4 Å². The van der Waals surface area contributed by atoms with Gasteiger partial charge in [-0.25, -0.2) is 4.57 Å². The molecule has 0 spiro atoms. The fourth-order valence-electron chi connectivity index (χ4n) is 5.63. The van der Waals surface area contributed by atoms with Crippen LogP contribution in [-0.2, 0) is 32.7 Å². The molecule has 9 nitrogen and oxygen atoms in total. The molecule has 1 N–H and O–H groups in total. The van der Waals surface area contributed by atoms with Crippen LogP contribution in [0.25, 0.3) is 0 Å². The standard InChI is InChI=1S/C42H80NO8P/c1-6-8-10-12-14-16-18-20-21-23-24-26-28-30-32-34-41(44)48-38-40(39-50-52(46,47)49-37-36-43(3,4)5)51-42(45)35-33-31-29-27-25-22-19-17-15-13-11-9-7-2/h14,16,20-21,40H,6-13,15,17-19,22-39H2,1-5H3/p+1/b16-14+,21-20+/t40-/m1/s1. The number of allylic oxidation sites excluding steroid dienone is 4. The van der Waals surface area contributed by atoms with E-state index < -0.39 is 26.5 Å². The molecule has 52 heavy (non-hydrogen) atoms. The average molecular weight is 759 g/mol. The molecule has 0 saturated heterocycles. The molecule has 10 heteroatoms. The maximum absolute atomic E-state index is 12.6. The summed E-state index contributed by atoms with van der Waals surface area (Å²) in [4.78, 5) is 35.3. The lowest BCUT2D eigenvalue weighted by Crippen LogP contribution is -2.37. The maximum Gasteiger partial charge on any atom is 0.472 e. The lowest BCUT2D eigenvalue weighted by molar-refractivity contribution is -0.870. The van der Waals surface area contributed by atoms with Crippen LogP contribution in [0.1, 0.15) is 181 Å². The van der Waals surface area contributed by atoms with Crippen molar-refractivity contribution < 1.29 is 42.1 Å². The normalized spacial score (nSPS) is 13.9. The summed E-state index contributed by atoms with van der Waals surface area (Å²) in [5.41, 5.74) is 0. The van der Waals surface area contributed by atoms with Crippen LogP contribution in [0.5, 0.6) is 0 Å². The molecule has 0 saturated carbocycles. The van der Waals surface area contributed by atoms with E-state index in [4.69, 9.17) is 18.5 Å². The first kappa shape index (κ1) is 50.5. The van der Waals surface area contributed by atoms with Gasteiger partial charge in [-0.05, 0) is 44.9 Å². The maximum atomic E-state index is 12.6. The first-order chi connectivity index (χ1) is 25.0. The first-order valence-corrected chi connectivity index (χ1v) is 22.6. The van der Waals surface area contributed by atoms with Crippen molar-refractivity contribution in [3.8, 4) is 0 Å². The Kier molecular flexibility index (Phi) is 34.2. The van der Waals surface area contributed by atoms with Crippen molar-refractivity contribution in [3.05, 3.63) is 24.3 Å². The van der Waals surface area contributed by atoms with Gasteiger partial charge in [0.2, 0.25) is 0 Å². The van der Waals surface area contributed by atoms with Gasteiger partial charge in [-0.3, -0.25) is 18.6 Å². The summed E-state index contributed by atoms with van der Waals surface area (Å²) >= 11 is 0. The quantitative estimate of drug-likeness (QED) is 0.0218. The number of ether oxygens (including phenoxy) is 2. The number of likely N-dealkylation sites (N-methyl/N-ethyl adjacent to an activating group) is 1. The molecule has 0 amide bonds. The number of unbranched alkanes of at least 4 members (excludes halogenated alkanes) is 20. The molecule has 2 atom stereocenters. The second kappa shape index (κ2) is 35.2. The molecule has 0 rings (SSSR count). The summed E-state index contributed by atoms with van der Waals surface area (Å²) in [6.45, 7) is 4.38. The van der Waals surface area contributed by atoms with E-state index in [1.807, 2.05) is 21.1 Å². The highest BCUT2D eigenvalue weighted by Gasteiger charge is 2.27. The summed E-state index contributed by atoms with van der Waals surface area (Å²) in [5, 5.41) is 0. The highest BCUT2D eigenvalue weighted by atomic mass is 31.2. The molecule has 0 fully saturated rings. The molecule has 0 aliphatic rings. The number of phosphoric acid groups is 1. The third-order valence-corrected chi connectivity index (χ3v) is 9.97. The first-order valence-electron chi connectivity index (χ1n) is 21.1. The third-order valence-electron chi connectivity index (χ3n) is 8.98. The van der Waals surface area contributed by atoms with Crippen LogP contribution in [0, 0.1) is 0 Å². The summed E-state index contributed by atoms with van der Waals surface area (Å²) in [6, 6.07) is 0. The zero-order valence-corrected chi connectivity index (χ0v) is 35.2. The Bertz CT molecular complexity index is 949. The average Bonchev–Trinajstić information content (AvgIpc) is 3.09. The number of carbonyl (C=O) groups is 2. The van der Waals surface area contributed by atoms with Crippen molar-refractivity contribution in [1.82, 2.24) is 0 Å². The summed E-state index contributed by atoms with van der Waals surface area (Å²) in [6.07, 6.45) is 36.4. The van der Waals surface area contributed by atoms with Crippen LogP contribution in [0.2, 0.25) is 0 Å². The van der Waals surface area contributed by atoms with E-state index in [-0.39, 0.29) is 32.0 Å². The molecular formula is C42H81NO8P+. The molecule has 306 valence electrons. The van der Waals surface area contributed by atoms with Crippen LogP contribution in [0.15, 0.2) is 24.3 Å². The number of nitrogens with zero attached hydrogens (tertiary/aromatic N) is 1. The van der Waals surface area contributed by atoms with Gasteiger partial charge in [0, 0.05) is 12.8 Å². The van der Waals surface area contributed by atoms with Crippen molar-refractivity contribution in [2.45, 2.75) is 187 Å². The topological polar surface area (TPSA) is 108 Å². The van der Waals surface area contributed by atoms with E-state index >= 15 is 0 Å². The molecule has 0 radical (unpaired) electrons. The van der Waals surface area contributed by atoms with Crippen molar-refractivity contribution in [1.29, 1.82) is 0 Å². The lowest BCUT2D eigenvalue weighted by atomic mass is 10.0. The van der Waals surface area contributed by atoms with E-state index in [1.54, 1.807) is 0 Å². The van der Waals surface area contributed by atoms with Crippen molar-refractivity contribution in [2.24, 2.45) is 0 Å². The second-order valence-corrected chi connectivity index (χ2v) is 16.8. The number of rotatable bonds is 38. The van der Waals surface area contributed by atoms with Crippen LogP contribution >= 0.6 is 7.82 Å². The minimum Gasteiger partial charge on any atom is -0.462 e. The second-order valence-electron chi connectivity index (χ2n) is 15.4. The van der Waals surface area contributed by atoms with Gasteiger partial charge in [-0.15, -0.1) is 0 Å². The number of carbonyl (C=O) groups excluding carboxylic acids is 2. The summed E-state index contributed by atoms with van der Waals surface area (Å²) in [7, 11) is 1.47. The number of hydrogen-bond donors (Lipinski definition) is 1. The van der Waals surface area contributed by atoms with Gasteiger partial charge in [-0.1, -0.05) is 147 Å². The van der Waals surface area contributed by atoms with Crippen LogP contribution < -0.4 is 0 Å². The molecule has 0 heterocycles. The Hall–Kier alpha value is -1.51. The third kappa shape index (κ3) is 38.2. The van der Waals surface area contributed by atoms with E-state index in [2.05, 4.69) is 38.2 Å². The molecular weight excluding hydrogens is 677 g/mol. The van der Waals surface area contributed by atoms with Crippen LogP contribution in [0.4, 0.5) is 0 Å². The van der Waals surface area contributed by atoms with Crippen molar-refractivity contribution in [3.63, 3.8) is 0 Å². The summed E-state index contributed by atoms with van der Waals surface area (Å²) in [5.74, 6) is -0.810. The molecule has 1 unspecified atom stereocenters. The smallest absolute Gasteiger partial charge is 0.462 e. The molecule has 0 aromatic carbocycles. The Balaban J connectivity index is 4.40. The van der Waals surface area contributed by atoms with Gasteiger partial charge in [-0.2, -0.15) is 0 Å². The van der Waals surface area contributed by atoms with Crippen molar-refractivity contribution in [2.75, 3.05) is 47.5 Å². The largest absolute Gasteiger partial charge is 0.472 e. The monoisotopic (exact) mass is 759 g/mol. The number of phosphoric ester groups is 1. The molecule has 0 aliphatic carbocycles. The number of esters is 2. The Labute approximate surface area is 319 Å². The Morgan fingerprint density at radius 2 is 1.04 bits per heavy atom. The fraction of sp³-hybridized carbons (Fsp3) is 0.857. The van der Waals surface area contributed by atoms with Crippen LogP contribution in [-0.4, -0.2) is 74.9 Å². The van der Waals surface area contributed by atoms with Gasteiger partial charge in [0.15, 0.2) is 6.10 Å². The van der Waals surface area contributed by atoms with Crippen LogP contribution in [0.3, 0.4) is 0 Å². The van der Waals surface area contributed by atoms with Crippen molar-refractivity contribution >= 4 is 19.8 Å². The van der Waals surface area contributed by atoms with E-state index in [0.717, 1.165) is 57.8 Å². The molecule has 0 bridgehead atoms. The highest BCUT2D eigenvalue weighted by molar-refractivity contribution is 7.47. The van der Waals surface area contributed by atoms with Gasteiger partial charge >= 0.3 is 19.8 Å². The zero-order chi connectivity index (χ0) is 38.6. The lowest BCUT2D eigenvalue weighted by Gasteiger charge is -2.24. The minimum absolute atomic E-state index is 0.0311. The van der Waals surface area contributed by atoms with Gasteiger partial charge in [0.05, 0.1) is 27.7 Å². The number of quaternary nitrogens is 1. The van der Waals surface area contributed by atoms with E-state index in [1.165, 1.54) is 89.9 Å². The predicted molar refractivity (Wildman–Crippen MR) is 215 cm³/mol. The zero-order valence-electron chi connectivity index (χ0n) is 34.3. The summed E-state index contributed by atoms with van der Waals surface area (Å²) < 4.78 is 34.2. The molecule has 0 aliphatic heterocycles. The SMILES string of the molecule is CCCCC/C=C/C/C=C/CCCCCCCC(=O)OC[C@H](COP(=O)(O)OCC[N+](C)(C)C)OC(=O)CCCCCCCCCCCCCCC. The minimum atomic E-state index is -4.37. The Morgan fingerprint density at radius 1 is 0.596 bits per heavy atom. The molecule has 0 aromatic rings. The van der Waals surface area contributed by atoms with Gasteiger partial charge < -0.3 is 18.9 Å².